The van der Waals surface area contributed by atoms with Crippen LogP contribution < -0.4 is 10.5 Å². The van der Waals surface area contributed by atoms with Crippen molar-refractivity contribution < 1.29 is 18.1 Å². The van der Waals surface area contributed by atoms with Gasteiger partial charge in [0.25, 0.3) is 11.6 Å². The summed E-state index contributed by atoms with van der Waals surface area (Å²) in [5, 5.41) is 18.2. The fourth-order valence-electron chi connectivity index (χ4n) is 1.88. The van der Waals surface area contributed by atoms with Crippen molar-refractivity contribution in [2.45, 2.75) is 11.4 Å². The minimum absolute atomic E-state index is 0.0315. The molecule has 0 radical (unpaired) electrons. The van der Waals surface area contributed by atoms with Crippen molar-refractivity contribution in [2.24, 2.45) is 5.14 Å². The number of nitrogens with two attached hydrogens (primary N) is 1. The Hall–Kier alpha value is -2.49. The molecule has 8 nitrogen and oxygen atoms in total. The average molecular weight is 370 g/mol. The Morgan fingerprint density at radius 2 is 1.83 bits per heavy atom. The number of nitro groups is 1. The molecule has 0 heterocycles. The molecule has 0 aromatic heterocycles. The normalized spacial score (nSPS) is 11.1. The first-order valence-electron chi connectivity index (χ1n) is 6.52. The number of primary sulfonamides is 1. The zero-order chi connectivity index (χ0) is 17.9. The van der Waals surface area contributed by atoms with Crippen molar-refractivity contribution in [3.63, 3.8) is 0 Å². The molecule has 10 heteroatoms. The van der Waals surface area contributed by atoms with Gasteiger partial charge >= 0.3 is 0 Å². The SMILES string of the molecule is NS(=O)(=O)c1ccc(CNC(=O)c2ccc([N+](=O)[O-])cc2Cl)cc1. The predicted molar refractivity (Wildman–Crippen MR) is 87.1 cm³/mol. The fraction of sp³-hybridized carbons (Fsp3) is 0.0714. The van der Waals surface area contributed by atoms with Crippen LogP contribution in [0.25, 0.3) is 0 Å². The maximum absolute atomic E-state index is 12.1. The number of nitrogens with zero attached hydrogens (tertiary/aromatic N) is 1. The first-order valence-corrected chi connectivity index (χ1v) is 8.45. The van der Waals surface area contributed by atoms with Gasteiger partial charge in [-0.05, 0) is 23.8 Å². The lowest BCUT2D eigenvalue weighted by molar-refractivity contribution is -0.384. The van der Waals surface area contributed by atoms with Crippen LogP contribution in [0.3, 0.4) is 0 Å². The quantitative estimate of drug-likeness (QED) is 0.612. The van der Waals surface area contributed by atoms with Gasteiger partial charge in [-0.25, -0.2) is 13.6 Å². The molecule has 3 N–H and O–H groups in total. The van der Waals surface area contributed by atoms with E-state index in [0.29, 0.717) is 5.56 Å². The van der Waals surface area contributed by atoms with Gasteiger partial charge in [-0.1, -0.05) is 23.7 Å². The molecule has 0 unspecified atom stereocenters. The van der Waals surface area contributed by atoms with Crippen molar-refractivity contribution >= 4 is 33.2 Å². The summed E-state index contributed by atoms with van der Waals surface area (Å²) >= 11 is 5.88. The molecule has 2 aromatic rings. The maximum Gasteiger partial charge on any atom is 0.270 e. The molecule has 0 saturated carbocycles. The minimum Gasteiger partial charge on any atom is -0.348 e. The van der Waals surface area contributed by atoms with Crippen LogP contribution in [0.5, 0.6) is 0 Å². The smallest absolute Gasteiger partial charge is 0.270 e. The first kappa shape index (κ1) is 17.9. The molecule has 126 valence electrons. The molecule has 0 aliphatic heterocycles. The highest BCUT2D eigenvalue weighted by Gasteiger charge is 2.15. The molecule has 0 saturated heterocycles. The molecular formula is C14H12ClN3O5S. The molecule has 1 amide bonds. The van der Waals surface area contributed by atoms with Crippen molar-refractivity contribution in [1.82, 2.24) is 5.32 Å². The second-order valence-corrected chi connectivity index (χ2v) is 6.76. The monoisotopic (exact) mass is 369 g/mol. The Morgan fingerprint density at radius 3 is 2.33 bits per heavy atom. The van der Waals surface area contributed by atoms with Gasteiger partial charge in [-0.3, -0.25) is 14.9 Å². The van der Waals surface area contributed by atoms with Crippen molar-refractivity contribution in [3.8, 4) is 0 Å². The number of non-ortho nitro benzene ring substituents is 1. The molecule has 0 aliphatic rings. The number of rotatable bonds is 5. The number of amides is 1. The largest absolute Gasteiger partial charge is 0.348 e. The molecule has 0 bridgehead atoms. The van der Waals surface area contributed by atoms with Crippen molar-refractivity contribution in [2.75, 3.05) is 0 Å². The van der Waals surface area contributed by atoms with Gasteiger partial charge in [-0.2, -0.15) is 0 Å². The summed E-state index contributed by atoms with van der Waals surface area (Å²) in [4.78, 5) is 22.1. The number of carbonyl (C=O) groups is 1. The predicted octanol–water partition coefficient (Wildman–Crippen LogP) is 1.83. The van der Waals surface area contributed by atoms with E-state index in [1.165, 1.54) is 36.4 Å². The Labute approximate surface area is 142 Å². The Balaban J connectivity index is 2.07. The fourth-order valence-corrected chi connectivity index (χ4v) is 2.65. The number of nitro benzene ring substituents is 1. The van der Waals surface area contributed by atoms with Gasteiger partial charge in [0.05, 0.1) is 20.4 Å². The van der Waals surface area contributed by atoms with E-state index < -0.39 is 20.9 Å². The second kappa shape index (κ2) is 6.95. The van der Waals surface area contributed by atoms with E-state index in [4.69, 9.17) is 16.7 Å². The number of hydrogen-bond donors (Lipinski definition) is 2. The molecule has 24 heavy (non-hydrogen) atoms. The van der Waals surface area contributed by atoms with Crippen molar-refractivity contribution in [3.05, 3.63) is 68.7 Å². The number of benzene rings is 2. The van der Waals surface area contributed by atoms with E-state index in [2.05, 4.69) is 5.32 Å². The van der Waals surface area contributed by atoms with Crippen LogP contribution >= 0.6 is 11.6 Å². The first-order chi connectivity index (χ1) is 11.2. The van der Waals surface area contributed by atoms with Gasteiger partial charge in [0.2, 0.25) is 10.0 Å². The topological polar surface area (TPSA) is 132 Å². The van der Waals surface area contributed by atoms with E-state index in [0.717, 1.165) is 6.07 Å². The van der Waals surface area contributed by atoms with Crippen LogP contribution in [0.4, 0.5) is 5.69 Å². The molecule has 2 aromatic carbocycles. The summed E-state index contributed by atoms with van der Waals surface area (Å²) in [5.41, 5.74) is 0.535. The van der Waals surface area contributed by atoms with Crippen LogP contribution in [0, 0.1) is 10.1 Å². The zero-order valence-electron chi connectivity index (χ0n) is 12.1. The van der Waals surface area contributed by atoms with E-state index >= 15 is 0 Å². The van der Waals surface area contributed by atoms with Crippen LogP contribution in [0.1, 0.15) is 15.9 Å². The van der Waals surface area contributed by atoms with Gasteiger partial charge in [0, 0.05) is 18.7 Å². The average Bonchev–Trinajstić information content (AvgIpc) is 2.52. The number of hydrogen-bond acceptors (Lipinski definition) is 5. The Kier molecular flexibility index (Phi) is 5.17. The summed E-state index contributed by atoms with van der Waals surface area (Å²) in [6.45, 7) is 0.122. The van der Waals surface area contributed by atoms with E-state index in [-0.39, 0.29) is 27.7 Å². The highest BCUT2D eigenvalue weighted by molar-refractivity contribution is 7.89. The standard InChI is InChI=1S/C14H12ClN3O5S/c15-13-7-10(18(20)21)3-6-12(13)14(19)17-8-9-1-4-11(5-2-9)24(16,22)23/h1-7H,8H2,(H,17,19)(H2,16,22,23). The molecule has 0 aliphatic carbocycles. The third-order valence-electron chi connectivity index (χ3n) is 3.11. The van der Waals surface area contributed by atoms with Crippen LogP contribution in [-0.2, 0) is 16.6 Å². The van der Waals surface area contributed by atoms with Crippen LogP contribution in [-0.4, -0.2) is 19.2 Å². The second-order valence-electron chi connectivity index (χ2n) is 4.79. The Morgan fingerprint density at radius 1 is 1.21 bits per heavy atom. The number of carbonyl (C=O) groups excluding carboxylic acids is 1. The number of sulfonamides is 1. The molecule has 0 spiro atoms. The van der Waals surface area contributed by atoms with E-state index in [9.17, 15) is 23.3 Å². The highest BCUT2D eigenvalue weighted by Crippen LogP contribution is 2.22. The Bertz CT molecular complexity index is 897. The molecule has 0 atom stereocenters. The summed E-state index contributed by atoms with van der Waals surface area (Å²) in [5.74, 6) is -0.509. The molecular weight excluding hydrogens is 358 g/mol. The van der Waals surface area contributed by atoms with Crippen LogP contribution in [0.15, 0.2) is 47.4 Å². The zero-order valence-corrected chi connectivity index (χ0v) is 13.7. The van der Waals surface area contributed by atoms with E-state index in [1.807, 2.05) is 0 Å². The van der Waals surface area contributed by atoms with Gasteiger partial charge < -0.3 is 5.32 Å². The van der Waals surface area contributed by atoms with Gasteiger partial charge in [0.1, 0.15) is 0 Å². The van der Waals surface area contributed by atoms with Gasteiger partial charge in [-0.15, -0.1) is 0 Å². The summed E-state index contributed by atoms with van der Waals surface area (Å²) in [6.07, 6.45) is 0. The number of halogens is 1. The lowest BCUT2D eigenvalue weighted by Crippen LogP contribution is -2.23. The maximum atomic E-state index is 12.1. The van der Waals surface area contributed by atoms with Crippen LogP contribution in [0.2, 0.25) is 5.02 Å². The lowest BCUT2D eigenvalue weighted by atomic mass is 10.1. The highest BCUT2D eigenvalue weighted by atomic mass is 35.5. The summed E-state index contributed by atoms with van der Waals surface area (Å²) in [7, 11) is -3.77. The minimum atomic E-state index is -3.77. The lowest BCUT2D eigenvalue weighted by Gasteiger charge is -2.07. The summed E-state index contributed by atoms with van der Waals surface area (Å²) < 4.78 is 22.3. The number of nitrogens with one attached hydrogen (secondary N) is 1. The van der Waals surface area contributed by atoms with Crippen molar-refractivity contribution in [1.29, 1.82) is 0 Å². The van der Waals surface area contributed by atoms with Gasteiger partial charge in [0.15, 0.2) is 0 Å². The third kappa shape index (κ3) is 4.28. The third-order valence-corrected chi connectivity index (χ3v) is 4.36. The molecule has 0 fully saturated rings. The van der Waals surface area contributed by atoms with E-state index in [1.54, 1.807) is 0 Å². The summed E-state index contributed by atoms with van der Waals surface area (Å²) in [6, 6.07) is 9.22. The molecule has 2 rings (SSSR count).